The molecule has 2 aromatic heterocycles. The third-order valence-corrected chi connectivity index (χ3v) is 6.75. The number of hydrogen-bond donors (Lipinski definition) is 3. The monoisotopic (exact) mass is 569 g/mol. The summed E-state index contributed by atoms with van der Waals surface area (Å²) < 4.78 is 47.3. The summed E-state index contributed by atoms with van der Waals surface area (Å²) in [5.41, 5.74) is -1.03. The lowest BCUT2D eigenvalue weighted by Gasteiger charge is -2.29. The molecule has 1 saturated heterocycles. The maximum absolute atomic E-state index is 13.7. The van der Waals surface area contributed by atoms with Crippen molar-refractivity contribution in [2.24, 2.45) is 0 Å². The normalized spacial score (nSPS) is 13.9. The zero-order chi connectivity index (χ0) is 29.5. The van der Waals surface area contributed by atoms with Crippen LogP contribution >= 0.6 is 0 Å². The van der Waals surface area contributed by atoms with Crippen molar-refractivity contribution >= 4 is 34.3 Å². The van der Waals surface area contributed by atoms with Gasteiger partial charge < -0.3 is 20.3 Å². The van der Waals surface area contributed by atoms with Gasteiger partial charge in [-0.15, -0.1) is 0 Å². The van der Waals surface area contributed by atoms with E-state index >= 15 is 0 Å². The molecule has 1 aliphatic rings. The molecule has 1 aliphatic heterocycles. The lowest BCUT2D eigenvalue weighted by molar-refractivity contribution is -0.137. The van der Waals surface area contributed by atoms with Gasteiger partial charge in [0.1, 0.15) is 5.39 Å². The number of rotatable bonds is 5. The van der Waals surface area contributed by atoms with Gasteiger partial charge in [0.05, 0.1) is 30.2 Å². The third kappa shape index (κ3) is 5.50. The van der Waals surface area contributed by atoms with Crippen molar-refractivity contribution in [2.75, 3.05) is 48.9 Å². The van der Waals surface area contributed by atoms with Crippen molar-refractivity contribution in [3.05, 3.63) is 79.6 Å². The number of ether oxygens (including phenoxy) is 1. The summed E-state index contributed by atoms with van der Waals surface area (Å²) in [5.74, 6) is -0.556. The van der Waals surface area contributed by atoms with E-state index in [9.17, 15) is 27.6 Å². The summed E-state index contributed by atoms with van der Waals surface area (Å²) in [5, 5.41) is 5.47. The fraction of sp³-hybridized carbons (Fsp3) is 0.296. The zero-order valence-electron chi connectivity index (χ0n) is 22.3. The maximum Gasteiger partial charge on any atom is 0.416 e. The molecular formula is C27H26F3N7O4. The second-order valence-corrected chi connectivity index (χ2v) is 9.50. The van der Waals surface area contributed by atoms with Gasteiger partial charge in [-0.05, 0) is 49.7 Å². The van der Waals surface area contributed by atoms with E-state index in [1.165, 1.54) is 18.2 Å². The lowest BCUT2D eigenvalue weighted by Crippen LogP contribution is -2.36. The van der Waals surface area contributed by atoms with Crippen LogP contribution in [-0.2, 0) is 10.9 Å². The standard InChI is InChI=1S/C27H26F3N7O4/c1-14-4-5-18(13-20(14)37-24(39)21-15(2)32-25(31-3)34-22(21)35-26(37)40)33-23(38)16-10-17(27(28,29)30)12-19(11-16)36-6-8-41-9-7-36/h4-5,10-13H,6-9H2,1-3H3,(H,33,38)(H2,31,32,34,35,40). The molecule has 2 aromatic carbocycles. The van der Waals surface area contributed by atoms with E-state index in [0.717, 1.165) is 16.7 Å². The molecule has 0 unspecified atom stereocenters. The van der Waals surface area contributed by atoms with Crippen LogP contribution in [0.5, 0.6) is 0 Å². The number of carbonyl (C=O) groups excluding carboxylic acids is 1. The molecule has 4 aromatic rings. The Morgan fingerprint density at radius 1 is 1.05 bits per heavy atom. The number of anilines is 3. The number of fused-ring (bicyclic) bond motifs is 1. The molecule has 41 heavy (non-hydrogen) atoms. The number of hydrogen-bond acceptors (Lipinski definition) is 8. The number of carbonyl (C=O) groups is 1. The second-order valence-electron chi connectivity index (χ2n) is 9.50. The summed E-state index contributed by atoms with van der Waals surface area (Å²) in [7, 11) is 1.60. The first-order valence-electron chi connectivity index (χ1n) is 12.6. The maximum atomic E-state index is 13.7. The second kappa shape index (κ2) is 10.7. The molecule has 5 rings (SSSR count). The van der Waals surface area contributed by atoms with Crippen LogP contribution in [0.25, 0.3) is 16.7 Å². The van der Waals surface area contributed by atoms with Crippen molar-refractivity contribution in [3.63, 3.8) is 0 Å². The van der Waals surface area contributed by atoms with Crippen LogP contribution in [0.3, 0.4) is 0 Å². The summed E-state index contributed by atoms with van der Waals surface area (Å²) >= 11 is 0. The first-order valence-corrected chi connectivity index (χ1v) is 12.6. The zero-order valence-corrected chi connectivity index (χ0v) is 22.3. The number of nitrogens with zero attached hydrogens (tertiary/aromatic N) is 4. The van der Waals surface area contributed by atoms with E-state index in [4.69, 9.17) is 4.74 Å². The van der Waals surface area contributed by atoms with Gasteiger partial charge in [-0.2, -0.15) is 18.2 Å². The Morgan fingerprint density at radius 2 is 1.78 bits per heavy atom. The number of morpholine rings is 1. The molecule has 1 amide bonds. The molecule has 14 heteroatoms. The summed E-state index contributed by atoms with van der Waals surface area (Å²) in [6, 6.07) is 7.71. The predicted molar refractivity (Wildman–Crippen MR) is 147 cm³/mol. The molecule has 0 saturated carbocycles. The quantitative estimate of drug-likeness (QED) is 0.334. The molecule has 0 bridgehead atoms. The summed E-state index contributed by atoms with van der Waals surface area (Å²) in [4.78, 5) is 52.3. The molecular weight excluding hydrogens is 543 g/mol. The van der Waals surface area contributed by atoms with Gasteiger partial charge in [-0.3, -0.25) is 14.6 Å². The number of aryl methyl sites for hydroxylation is 2. The molecule has 1 fully saturated rings. The Labute approximate surface area is 231 Å². The van der Waals surface area contributed by atoms with Crippen molar-refractivity contribution < 1.29 is 22.7 Å². The number of H-pyrrole nitrogens is 1. The lowest BCUT2D eigenvalue weighted by atomic mass is 10.1. The Balaban J connectivity index is 1.53. The van der Waals surface area contributed by atoms with Gasteiger partial charge in [0.15, 0.2) is 5.65 Å². The highest BCUT2D eigenvalue weighted by atomic mass is 19.4. The molecule has 11 nitrogen and oxygen atoms in total. The number of benzene rings is 2. The van der Waals surface area contributed by atoms with E-state index in [2.05, 4.69) is 25.6 Å². The van der Waals surface area contributed by atoms with Crippen LogP contribution in [0.1, 0.15) is 27.2 Å². The molecule has 0 aliphatic carbocycles. The first kappa shape index (κ1) is 27.8. The van der Waals surface area contributed by atoms with Gasteiger partial charge in [0, 0.05) is 37.1 Å². The highest BCUT2D eigenvalue weighted by Crippen LogP contribution is 2.33. The molecule has 0 atom stereocenters. The first-order chi connectivity index (χ1) is 19.5. The number of alkyl halides is 3. The number of aromatic nitrogens is 4. The Hall–Kier alpha value is -4.72. The average Bonchev–Trinajstić information content (AvgIpc) is 2.93. The Bertz CT molecular complexity index is 1780. The third-order valence-electron chi connectivity index (χ3n) is 6.75. The van der Waals surface area contributed by atoms with Crippen molar-refractivity contribution in [2.45, 2.75) is 20.0 Å². The topological polar surface area (TPSA) is 134 Å². The van der Waals surface area contributed by atoms with E-state index in [1.807, 2.05) is 0 Å². The van der Waals surface area contributed by atoms with Crippen molar-refractivity contribution in [3.8, 4) is 5.69 Å². The number of amides is 1. The smallest absolute Gasteiger partial charge is 0.378 e. The van der Waals surface area contributed by atoms with Gasteiger partial charge >= 0.3 is 11.9 Å². The van der Waals surface area contributed by atoms with Crippen LogP contribution in [0.15, 0.2) is 46.0 Å². The Kier molecular flexibility index (Phi) is 7.26. The summed E-state index contributed by atoms with van der Waals surface area (Å²) in [6.07, 6.45) is -4.66. The van der Waals surface area contributed by atoms with E-state index in [-0.39, 0.29) is 39.6 Å². The molecule has 214 valence electrons. The predicted octanol–water partition coefficient (Wildman–Crippen LogP) is 3.24. The minimum absolute atomic E-state index is 0.0656. The van der Waals surface area contributed by atoms with Crippen molar-refractivity contribution in [1.82, 2.24) is 19.5 Å². The van der Waals surface area contributed by atoms with Gasteiger partial charge in [0.25, 0.3) is 11.5 Å². The van der Waals surface area contributed by atoms with Gasteiger partial charge in [-0.25, -0.2) is 14.3 Å². The van der Waals surface area contributed by atoms with Gasteiger partial charge in [0.2, 0.25) is 5.95 Å². The van der Waals surface area contributed by atoms with E-state index in [0.29, 0.717) is 37.6 Å². The SMILES string of the molecule is CNc1nc(C)c2c(=O)n(-c3cc(NC(=O)c4cc(N5CCOCC5)cc(C(F)(F)F)c4)ccc3C)c(=O)[nH]c2n1. The van der Waals surface area contributed by atoms with Crippen LogP contribution in [0.2, 0.25) is 0 Å². The van der Waals surface area contributed by atoms with Crippen molar-refractivity contribution in [1.29, 1.82) is 0 Å². The van der Waals surface area contributed by atoms with E-state index in [1.54, 1.807) is 31.9 Å². The highest BCUT2D eigenvalue weighted by Gasteiger charge is 2.32. The molecule has 3 N–H and O–H groups in total. The minimum Gasteiger partial charge on any atom is -0.378 e. The van der Waals surface area contributed by atoms with Crippen LogP contribution < -0.4 is 26.8 Å². The largest absolute Gasteiger partial charge is 0.416 e. The summed E-state index contributed by atoms with van der Waals surface area (Å²) in [6.45, 7) is 4.78. The Morgan fingerprint density at radius 3 is 2.46 bits per heavy atom. The van der Waals surface area contributed by atoms with E-state index < -0.39 is 28.9 Å². The van der Waals surface area contributed by atoms with Crippen LogP contribution in [-0.4, -0.2) is 58.8 Å². The highest BCUT2D eigenvalue weighted by molar-refractivity contribution is 6.05. The van der Waals surface area contributed by atoms with Crippen LogP contribution in [0.4, 0.5) is 30.5 Å². The number of nitrogens with one attached hydrogen (secondary N) is 3. The van der Waals surface area contributed by atoms with Gasteiger partial charge in [-0.1, -0.05) is 6.07 Å². The average molecular weight is 570 g/mol. The fourth-order valence-electron chi connectivity index (χ4n) is 4.65. The number of aromatic amines is 1. The molecule has 0 radical (unpaired) electrons. The molecule has 3 heterocycles. The number of halogens is 3. The fourth-order valence-corrected chi connectivity index (χ4v) is 4.65. The minimum atomic E-state index is -4.66. The molecule has 0 spiro atoms. The van der Waals surface area contributed by atoms with Crippen LogP contribution in [0, 0.1) is 13.8 Å².